The number of hydrogen-bond donors (Lipinski definition) is 0. The maximum Gasteiger partial charge on any atom is 0.310 e. The molecule has 0 aliphatic carbocycles. The molecule has 0 N–H and O–H groups in total. The maximum absolute atomic E-state index is 12.7. The molecule has 0 saturated heterocycles. The molecule has 0 aliphatic rings. The molecule has 0 bridgehead atoms. The predicted octanol–water partition coefficient (Wildman–Crippen LogP) is 3.36. The van der Waals surface area contributed by atoms with Gasteiger partial charge in [0.15, 0.2) is 0 Å². The van der Waals surface area contributed by atoms with Crippen LogP contribution in [0.2, 0.25) is 0 Å². The third kappa shape index (κ3) is 5.16. The summed E-state index contributed by atoms with van der Waals surface area (Å²) in [5.74, 6) is -0.405. The van der Waals surface area contributed by atoms with Crippen LogP contribution in [0.25, 0.3) is 0 Å². The van der Waals surface area contributed by atoms with Crippen LogP contribution in [-0.4, -0.2) is 37.0 Å². The second-order valence-corrected chi connectivity index (χ2v) is 6.36. The third-order valence-corrected chi connectivity index (χ3v) is 3.77. The number of carbonyl (C=O) groups excluding carboxylic acids is 2. The molecule has 0 heterocycles. The lowest BCUT2D eigenvalue weighted by Gasteiger charge is -2.27. The molecule has 0 aliphatic heterocycles. The molecule has 1 atom stereocenters. The second kappa shape index (κ2) is 8.17. The van der Waals surface area contributed by atoms with E-state index in [2.05, 4.69) is 15.9 Å². The fourth-order valence-electron chi connectivity index (χ4n) is 2.09. The van der Waals surface area contributed by atoms with Crippen molar-refractivity contribution in [1.82, 2.24) is 4.90 Å². The van der Waals surface area contributed by atoms with E-state index in [0.717, 1.165) is 4.47 Å². The number of nitrogens with zero attached hydrogens (tertiary/aromatic N) is 1. The maximum atomic E-state index is 12.7. The van der Waals surface area contributed by atoms with Crippen LogP contribution >= 0.6 is 15.9 Å². The van der Waals surface area contributed by atoms with Crippen LogP contribution in [0.15, 0.2) is 28.7 Å². The summed E-state index contributed by atoms with van der Waals surface area (Å²) in [7, 11) is 1.36. The molecule has 1 rings (SSSR count). The number of carbonyl (C=O) groups is 2. The van der Waals surface area contributed by atoms with Crippen molar-refractivity contribution < 1.29 is 14.3 Å². The van der Waals surface area contributed by atoms with Crippen molar-refractivity contribution in [3.8, 4) is 0 Å². The van der Waals surface area contributed by atoms with Crippen molar-refractivity contribution in [2.24, 2.45) is 11.8 Å². The Labute approximate surface area is 134 Å². The van der Waals surface area contributed by atoms with Gasteiger partial charge in [0, 0.05) is 17.6 Å². The highest BCUT2D eigenvalue weighted by Crippen LogP contribution is 2.19. The molecule has 1 amide bonds. The monoisotopic (exact) mass is 355 g/mol. The fourth-order valence-corrected chi connectivity index (χ4v) is 2.55. The predicted molar refractivity (Wildman–Crippen MR) is 86.1 cm³/mol. The summed E-state index contributed by atoms with van der Waals surface area (Å²) in [5.41, 5.74) is 0.607. The second-order valence-electron chi connectivity index (χ2n) is 5.51. The summed E-state index contributed by atoms with van der Waals surface area (Å²) in [6.07, 6.45) is 0. The largest absolute Gasteiger partial charge is 0.469 e. The van der Waals surface area contributed by atoms with Crippen molar-refractivity contribution in [3.63, 3.8) is 0 Å². The number of amides is 1. The van der Waals surface area contributed by atoms with Crippen LogP contribution in [0.5, 0.6) is 0 Å². The molecule has 4 nitrogen and oxygen atoms in total. The highest BCUT2D eigenvalue weighted by atomic mass is 79.9. The smallest absolute Gasteiger partial charge is 0.310 e. The van der Waals surface area contributed by atoms with Crippen molar-refractivity contribution in [3.05, 3.63) is 34.3 Å². The zero-order valence-electron chi connectivity index (χ0n) is 12.9. The van der Waals surface area contributed by atoms with E-state index in [-0.39, 0.29) is 17.8 Å². The van der Waals surface area contributed by atoms with Gasteiger partial charge in [-0.15, -0.1) is 0 Å². The van der Waals surface area contributed by atoms with E-state index in [1.807, 2.05) is 32.0 Å². The Bertz CT molecular complexity index is 502. The van der Waals surface area contributed by atoms with Gasteiger partial charge in [0.25, 0.3) is 5.91 Å². The van der Waals surface area contributed by atoms with E-state index in [0.29, 0.717) is 24.6 Å². The first-order valence-corrected chi connectivity index (χ1v) is 7.77. The minimum Gasteiger partial charge on any atom is -0.469 e. The first-order chi connectivity index (χ1) is 9.86. The Balaban J connectivity index is 2.94. The summed E-state index contributed by atoms with van der Waals surface area (Å²) in [6, 6.07) is 7.31. The molecule has 0 fully saturated rings. The molecule has 0 aromatic heterocycles. The Morgan fingerprint density at radius 3 is 2.33 bits per heavy atom. The molecule has 1 unspecified atom stereocenters. The van der Waals surface area contributed by atoms with Gasteiger partial charge in [-0.2, -0.15) is 0 Å². The molecule has 0 spiro atoms. The summed E-state index contributed by atoms with van der Waals surface area (Å²) >= 11 is 3.40. The topological polar surface area (TPSA) is 46.6 Å². The first kappa shape index (κ1) is 17.7. The molecule has 1 aromatic carbocycles. The lowest BCUT2D eigenvalue weighted by Crippen LogP contribution is -2.39. The molecule has 5 heteroatoms. The Morgan fingerprint density at radius 2 is 1.81 bits per heavy atom. The summed E-state index contributed by atoms with van der Waals surface area (Å²) in [4.78, 5) is 26.0. The average molecular weight is 356 g/mol. The number of esters is 1. The van der Waals surface area contributed by atoms with Gasteiger partial charge >= 0.3 is 5.97 Å². The summed E-state index contributed by atoms with van der Waals surface area (Å²) < 4.78 is 5.50. The molecule has 0 saturated carbocycles. The number of ether oxygens (including phenoxy) is 1. The van der Waals surface area contributed by atoms with Crippen LogP contribution in [0, 0.1) is 11.8 Å². The van der Waals surface area contributed by atoms with Crippen LogP contribution in [0.4, 0.5) is 0 Å². The Kier molecular flexibility index (Phi) is 6.89. The van der Waals surface area contributed by atoms with E-state index < -0.39 is 0 Å². The van der Waals surface area contributed by atoms with Crippen LogP contribution < -0.4 is 0 Å². The highest BCUT2D eigenvalue weighted by molar-refractivity contribution is 9.10. The zero-order valence-corrected chi connectivity index (χ0v) is 14.5. The fraction of sp³-hybridized carbons (Fsp3) is 0.500. The molecule has 116 valence electrons. The lowest BCUT2D eigenvalue weighted by atomic mass is 10.1. The van der Waals surface area contributed by atoms with Crippen molar-refractivity contribution in [1.29, 1.82) is 0 Å². The van der Waals surface area contributed by atoms with Gasteiger partial charge < -0.3 is 9.64 Å². The Morgan fingerprint density at radius 1 is 1.19 bits per heavy atom. The number of methoxy groups -OCH3 is 1. The number of benzene rings is 1. The van der Waals surface area contributed by atoms with Gasteiger partial charge in [-0.05, 0) is 34.0 Å². The Hall–Kier alpha value is -1.36. The SMILES string of the molecule is COC(=O)C(C)CN(CC(C)C)C(=O)c1ccccc1Br. The van der Waals surface area contributed by atoms with E-state index >= 15 is 0 Å². The van der Waals surface area contributed by atoms with E-state index in [4.69, 9.17) is 4.74 Å². The highest BCUT2D eigenvalue weighted by Gasteiger charge is 2.24. The van der Waals surface area contributed by atoms with Gasteiger partial charge in [-0.3, -0.25) is 9.59 Å². The number of halogens is 1. The van der Waals surface area contributed by atoms with E-state index in [1.165, 1.54) is 7.11 Å². The van der Waals surface area contributed by atoms with Gasteiger partial charge in [0.2, 0.25) is 0 Å². The standard InChI is InChI=1S/C16H22BrNO3/c1-11(2)9-18(10-12(3)16(20)21-4)15(19)13-7-5-6-8-14(13)17/h5-8,11-12H,9-10H2,1-4H3. The summed E-state index contributed by atoms with van der Waals surface area (Å²) in [6.45, 7) is 6.81. The third-order valence-electron chi connectivity index (χ3n) is 3.07. The average Bonchev–Trinajstić information content (AvgIpc) is 2.44. The van der Waals surface area contributed by atoms with Crippen molar-refractivity contribution in [2.45, 2.75) is 20.8 Å². The molecular formula is C16H22BrNO3. The molecule has 0 radical (unpaired) electrons. The molecule has 1 aromatic rings. The van der Waals surface area contributed by atoms with Gasteiger partial charge in [-0.1, -0.05) is 32.9 Å². The minimum absolute atomic E-state index is 0.0769. The molecular weight excluding hydrogens is 334 g/mol. The van der Waals surface area contributed by atoms with Crippen molar-refractivity contribution >= 4 is 27.8 Å². The normalized spacial score (nSPS) is 12.1. The molecule has 21 heavy (non-hydrogen) atoms. The van der Waals surface area contributed by atoms with Crippen LogP contribution in [-0.2, 0) is 9.53 Å². The van der Waals surface area contributed by atoms with Crippen LogP contribution in [0.1, 0.15) is 31.1 Å². The van der Waals surface area contributed by atoms with Gasteiger partial charge in [0.1, 0.15) is 0 Å². The van der Waals surface area contributed by atoms with E-state index in [1.54, 1.807) is 17.9 Å². The zero-order chi connectivity index (χ0) is 16.0. The summed E-state index contributed by atoms with van der Waals surface area (Å²) in [5, 5.41) is 0. The first-order valence-electron chi connectivity index (χ1n) is 6.98. The number of hydrogen-bond acceptors (Lipinski definition) is 3. The van der Waals surface area contributed by atoms with Crippen molar-refractivity contribution in [2.75, 3.05) is 20.2 Å². The number of rotatable bonds is 6. The quantitative estimate of drug-likeness (QED) is 0.735. The van der Waals surface area contributed by atoms with E-state index in [9.17, 15) is 9.59 Å². The van der Waals surface area contributed by atoms with Gasteiger partial charge in [0.05, 0.1) is 18.6 Å². The lowest BCUT2D eigenvalue weighted by molar-refractivity contribution is -0.145. The van der Waals surface area contributed by atoms with Gasteiger partial charge in [-0.25, -0.2) is 0 Å². The van der Waals surface area contributed by atoms with Crippen LogP contribution in [0.3, 0.4) is 0 Å². The minimum atomic E-state index is -0.347.